The minimum atomic E-state index is -0.411. The van der Waals surface area contributed by atoms with Crippen LogP contribution in [-0.2, 0) is 0 Å². The molecule has 0 radical (unpaired) electrons. The third-order valence-electron chi connectivity index (χ3n) is 1.84. The molecule has 2 heteroatoms. The summed E-state index contributed by atoms with van der Waals surface area (Å²) >= 11 is 0. The SMILES string of the molecule is CCC(O)c1ccc(C=O)cc1. The van der Waals surface area contributed by atoms with Crippen LogP contribution in [0.1, 0.15) is 35.4 Å². The highest BCUT2D eigenvalue weighted by atomic mass is 16.3. The number of benzene rings is 1. The number of carbonyl (C=O) groups excluding carboxylic acids is 1. The zero-order chi connectivity index (χ0) is 8.97. The summed E-state index contributed by atoms with van der Waals surface area (Å²) in [6.07, 6.45) is 1.08. The lowest BCUT2D eigenvalue weighted by atomic mass is 10.1. The number of aldehydes is 1. The molecule has 0 aliphatic rings. The van der Waals surface area contributed by atoms with Gasteiger partial charge in [0.2, 0.25) is 0 Å². The van der Waals surface area contributed by atoms with Crippen molar-refractivity contribution in [2.75, 3.05) is 0 Å². The van der Waals surface area contributed by atoms with Crippen molar-refractivity contribution in [1.82, 2.24) is 0 Å². The topological polar surface area (TPSA) is 37.3 Å². The van der Waals surface area contributed by atoms with Crippen molar-refractivity contribution in [3.63, 3.8) is 0 Å². The maximum absolute atomic E-state index is 10.3. The molecule has 64 valence electrons. The lowest BCUT2D eigenvalue weighted by Crippen LogP contribution is -1.94. The number of hydrogen-bond acceptors (Lipinski definition) is 2. The molecule has 1 rings (SSSR count). The van der Waals surface area contributed by atoms with Crippen molar-refractivity contribution in [2.45, 2.75) is 19.4 Å². The van der Waals surface area contributed by atoms with E-state index in [1.807, 2.05) is 6.92 Å². The predicted octanol–water partition coefficient (Wildman–Crippen LogP) is 1.94. The molecular weight excluding hydrogens is 152 g/mol. The van der Waals surface area contributed by atoms with Gasteiger partial charge in [-0.25, -0.2) is 0 Å². The quantitative estimate of drug-likeness (QED) is 0.693. The summed E-state index contributed by atoms with van der Waals surface area (Å²) in [5, 5.41) is 9.40. The van der Waals surface area contributed by atoms with Crippen LogP contribution in [0.25, 0.3) is 0 Å². The van der Waals surface area contributed by atoms with Gasteiger partial charge < -0.3 is 5.11 Å². The molecule has 0 aromatic heterocycles. The first-order valence-electron chi connectivity index (χ1n) is 4.01. The molecule has 0 heterocycles. The van der Waals surface area contributed by atoms with Crippen LogP contribution in [0, 0.1) is 0 Å². The first-order valence-corrected chi connectivity index (χ1v) is 4.01. The smallest absolute Gasteiger partial charge is 0.150 e. The highest BCUT2D eigenvalue weighted by Crippen LogP contribution is 2.15. The third kappa shape index (κ3) is 1.92. The van der Waals surface area contributed by atoms with E-state index in [9.17, 15) is 9.90 Å². The van der Waals surface area contributed by atoms with Crippen LogP contribution in [-0.4, -0.2) is 11.4 Å². The zero-order valence-electron chi connectivity index (χ0n) is 7.03. The van der Waals surface area contributed by atoms with Gasteiger partial charge >= 0.3 is 0 Å². The number of hydrogen-bond donors (Lipinski definition) is 1. The molecule has 0 saturated carbocycles. The fourth-order valence-corrected chi connectivity index (χ4v) is 1.03. The minimum Gasteiger partial charge on any atom is -0.388 e. The lowest BCUT2D eigenvalue weighted by molar-refractivity contribution is 0.112. The molecule has 0 saturated heterocycles. The van der Waals surface area contributed by atoms with E-state index in [1.165, 1.54) is 0 Å². The van der Waals surface area contributed by atoms with E-state index in [2.05, 4.69) is 0 Å². The first-order chi connectivity index (χ1) is 5.77. The van der Waals surface area contributed by atoms with Gasteiger partial charge in [0.25, 0.3) is 0 Å². The van der Waals surface area contributed by atoms with E-state index in [1.54, 1.807) is 24.3 Å². The van der Waals surface area contributed by atoms with Gasteiger partial charge in [0, 0.05) is 5.56 Å². The minimum absolute atomic E-state index is 0.411. The van der Waals surface area contributed by atoms with Crippen LogP contribution in [0.2, 0.25) is 0 Å². The summed E-state index contributed by atoms with van der Waals surface area (Å²) in [6.45, 7) is 1.91. The normalized spacial score (nSPS) is 12.5. The van der Waals surface area contributed by atoms with E-state index < -0.39 is 6.10 Å². The Morgan fingerprint density at radius 2 is 2.00 bits per heavy atom. The van der Waals surface area contributed by atoms with Crippen LogP contribution >= 0.6 is 0 Å². The Bertz CT molecular complexity index is 251. The van der Waals surface area contributed by atoms with Gasteiger partial charge in [-0.05, 0) is 12.0 Å². The van der Waals surface area contributed by atoms with E-state index in [4.69, 9.17) is 0 Å². The summed E-state index contributed by atoms with van der Waals surface area (Å²) < 4.78 is 0. The van der Waals surface area contributed by atoms with Gasteiger partial charge in [-0.3, -0.25) is 4.79 Å². The van der Waals surface area contributed by atoms with Gasteiger partial charge in [0.05, 0.1) is 6.10 Å². The highest BCUT2D eigenvalue weighted by molar-refractivity contribution is 5.74. The van der Waals surface area contributed by atoms with Crippen LogP contribution in [0.15, 0.2) is 24.3 Å². The number of rotatable bonds is 3. The Kier molecular flexibility index (Phi) is 3.00. The zero-order valence-corrected chi connectivity index (χ0v) is 7.03. The molecule has 0 spiro atoms. The van der Waals surface area contributed by atoms with Gasteiger partial charge in [-0.15, -0.1) is 0 Å². The molecule has 0 fully saturated rings. The number of carbonyl (C=O) groups is 1. The van der Waals surface area contributed by atoms with Gasteiger partial charge in [-0.2, -0.15) is 0 Å². The second kappa shape index (κ2) is 4.02. The Labute approximate surface area is 71.8 Å². The van der Waals surface area contributed by atoms with Gasteiger partial charge in [0.1, 0.15) is 6.29 Å². The molecule has 1 aromatic rings. The summed E-state index contributed by atoms with van der Waals surface area (Å²) in [5.74, 6) is 0. The van der Waals surface area contributed by atoms with Crippen molar-refractivity contribution < 1.29 is 9.90 Å². The van der Waals surface area contributed by atoms with Crippen LogP contribution < -0.4 is 0 Å². The van der Waals surface area contributed by atoms with E-state index in [0.29, 0.717) is 12.0 Å². The number of aliphatic hydroxyl groups excluding tert-OH is 1. The van der Waals surface area contributed by atoms with Gasteiger partial charge in [0.15, 0.2) is 0 Å². The van der Waals surface area contributed by atoms with E-state index in [-0.39, 0.29) is 0 Å². The average Bonchev–Trinajstić information content (AvgIpc) is 2.17. The second-order valence-corrected chi connectivity index (χ2v) is 2.71. The molecule has 0 aliphatic carbocycles. The van der Waals surface area contributed by atoms with Crippen molar-refractivity contribution in [3.05, 3.63) is 35.4 Å². The van der Waals surface area contributed by atoms with Crippen molar-refractivity contribution in [3.8, 4) is 0 Å². The first kappa shape index (κ1) is 8.94. The molecule has 0 amide bonds. The molecule has 1 N–H and O–H groups in total. The second-order valence-electron chi connectivity index (χ2n) is 2.71. The van der Waals surface area contributed by atoms with Crippen LogP contribution in [0.5, 0.6) is 0 Å². The fraction of sp³-hybridized carbons (Fsp3) is 0.300. The highest BCUT2D eigenvalue weighted by Gasteiger charge is 2.02. The Morgan fingerprint density at radius 3 is 2.42 bits per heavy atom. The Balaban J connectivity index is 2.84. The molecule has 0 bridgehead atoms. The van der Waals surface area contributed by atoms with E-state index in [0.717, 1.165) is 11.8 Å². The maximum Gasteiger partial charge on any atom is 0.150 e. The number of aliphatic hydroxyl groups is 1. The largest absolute Gasteiger partial charge is 0.388 e. The van der Waals surface area contributed by atoms with Crippen LogP contribution in [0.4, 0.5) is 0 Å². The summed E-state index contributed by atoms with van der Waals surface area (Å²) in [6, 6.07) is 6.97. The summed E-state index contributed by atoms with van der Waals surface area (Å²) in [5.41, 5.74) is 1.50. The van der Waals surface area contributed by atoms with Crippen LogP contribution in [0.3, 0.4) is 0 Å². The summed E-state index contributed by atoms with van der Waals surface area (Å²) in [4.78, 5) is 10.3. The average molecular weight is 164 g/mol. The molecule has 1 atom stereocenters. The van der Waals surface area contributed by atoms with Gasteiger partial charge in [-0.1, -0.05) is 31.2 Å². The van der Waals surface area contributed by atoms with E-state index >= 15 is 0 Å². The molecular formula is C10H12O2. The van der Waals surface area contributed by atoms with Crippen molar-refractivity contribution in [1.29, 1.82) is 0 Å². The van der Waals surface area contributed by atoms with Crippen molar-refractivity contribution in [2.24, 2.45) is 0 Å². The molecule has 12 heavy (non-hydrogen) atoms. The molecule has 1 unspecified atom stereocenters. The lowest BCUT2D eigenvalue weighted by Gasteiger charge is -2.06. The molecule has 2 nitrogen and oxygen atoms in total. The summed E-state index contributed by atoms with van der Waals surface area (Å²) in [7, 11) is 0. The van der Waals surface area contributed by atoms with Crippen molar-refractivity contribution >= 4 is 6.29 Å². The molecule has 1 aromatic carbocycles. The Morgan fingerprint density at radius 1 is 1.42 bits per heavy atom. The standard InChI is InChI=1S/C10H12O2/c1-2-10(12)9-5-3-8(7-11)4-6-9/h3-7,10,12H,2H2,1H3. The molecule has 0 aliphatic heterocycles. The Hall–Kier alpha value is -1.15. The maximum atomic E-state index is 10.3. The predicted molar refractivity (Wildman–Crippen MR) is 47.1 cm³/mol. The third-order valence-corrected chi connectivity index (χ3v) is 1.84. The fourth-order valence-electron chi connectivity index (χ4n) is 1.03. The monoisotopic (exact) mass is 164 g/mol.